The fraction of sp³-hybridized carbons (Fsp3) is 0.263. The minimum absolute atomic E-state index is 0.276. The van der Waals surface area contributed by atoms with Gasteiger partial charge in [0.05, 0.1) is 6.04 Å². The quantitative estimate of drug-likeness (QED) is 0.696. The number of fused-ring (bicyclic) bond motifs is 1. The number of rotatable bonds is 4. The maximum Gasteiger partial charge on any atom is 0.0677 e. The third-order valence-electron chi connectivity index (χ3n) is 4.01. The van der Waals surface area contributed by atoms with Gasteiger partial charge in [0.15, 0.2) is 0 Å². The zero-order chi connectivity index (χ0) is 14.8. The van der Waals surface area contributed by atoms with Crippen molar-refractivity contribution in [1.82, 2.24) is 5.32 Å². The first-order valence-electron chi connectivity index (χ1n) is 7.48. The van der Waals surface area contributed by atoms with Crippen LogP contribution in [0.5, 0.6) is 0 Å². The highest BCUT2D eigenvalue weighted by molar-refractivity contribution is 7.12. The van der Waals surface area contributed by atoms with E-state index in [9.17, 15) is 0 Å². The van der Waals surface area contributed by atoms with Crippen molar-refractivity contribution in [3.05, 3.63) is 69.4 Å². The van der Waals surface area contributed by atoms with Gasteiger partial charge in [-0.3, -0.25) is 0 Å². The first-order valence-corrected chi connectivity index (χ1v) is 8.30. The van der Waals surface area contributed by atoms with E-state index in [1.54, 1.807) is 0 Å². The van der Waals surface area contributed by atoms with E-state index in [-0.39, 0.29) is 6.04 Å². The highest BCUT2D eigenvalue weighted by atomic mass is 32.1. The van der Waals surface area contributed by atoms with Gasteiger partial charge in [0.2, 0.25) is 0 Å². The van der Waals surface area contributed by atoms with Gasteiger partial charge in [0.1, 0.15) is 0 Å². The molecular weight excluding hydrogens is 274 g/mol. The van der Waals surface area contributed by atoms with Crippen LogP contribution >= 0.6 is 11.3 Å². The molecular formula is C19H21NS. The molecule has 0 aliphatic carbocycles. The molecule has 21 heavy (non-hydrogen) atoms. The standard InChI is InChI=1S/C19H21NS/c1-4-20-19(18-12-13(2)14(3)21-18)17-11-7-9-15-8-5-6-10-16(15)17/h5-12,19-20H,4H2,1-3H3. The van der Waals surface area contributed by atoms with Crippen LogP contribution in [0.1, 0.15) is 33.8 Å². The summed E-state index contributed by atoms with van der Waals surface area (Å²) < 4.78 is 0. The molecule has 0 saturated heterocycles. The fourth-order valence-electron chi connectivity index (χ4n) is 2.81. The van der Waals surface area contributed by atoms with E-state index in [1.165, 1.54) is 31.7 Å². The highest BCUT2D eigenvalue weighted by Crippen LogP contribution is 2.34. The van der Waals surface area contributed by atoms with Gasteiger partial charge >= 0.3 is 0 Å². The second-order valence-corrected chi connectivity index (χ2v) is 6.73. The molecule has 1 heterocycles. The van der Waals surface area contributed by atoms with Gasteiger partial charge < -0.3 is 5.32 Å². The molecule has 3 aromatic rings. The Hall–Kier alpha value is -1.64. The minimum Gasteiger partial charge on any atom is -0.306 e. The van der Waals surface area contributed by atoms with Gasteiger partial charge in [-0.1, -0.05) is 49.4 Å². The summed E-state index contributed by atoms with van der Waals surface area (Å²) in [4.78, 5) is 2.82. The summed E-state index contributed by atoms with van der Waals surface area (Å²) in [6.07, 6.45) is 0. The van der Waals surface area contributed by atoms with E-state index in [4.69, 9.17) is 0 Å². The van der Waals surface area contributed by atoms with Crippen LogP contribution in [0.4, 0.5) is 0 Å². The van der Waals surface area contributed by atoms with E-state index >= 15 is 0 Å². The average molecular weight is 295 g/mol. The van der Waals surface area contributed by atoms with Gasteiger partial charge in [-0.2, -0.15) is 0 Å². The predicted octanol–water partition coefficient (Wildman–Crippen LogP) is 5.22. The monoisotopic (exact) mass is 295 g/mol. The number of aryl methyl sites for hydroxylation is 2. The van der Waals surface area contributed by atoms with Crippen LogP contribution in [0.2, 0.25) is 0 Å². The van der Waals surface area contributed by atoms with Crippen molar-refractivity contribution in [1.29, 1.82) is 0 Å². The van der Waals surface area contributed by atoms with Crippen molar-refractivity contribution < 1.29 is 0 Å². The largest absolute Gasteiger partial charge is 0.306 e. The predicted molar refractivity (Wildman–Crippen MR) is 93.3 cm³/mol. The molecule has 1 unspecified atom stereocenters. The number of benzene rings is 2. The van der Waals surface area contributed by atoms with E-state index < -0.39 is 0 Å². The highest BCUT2D eigenvalue weighted by Gasteiger charge is 2.18. The van der Waals surface area contributed by atoms with Gasteiger partial charge in [0, 0.05) is 9.75 Å². The number of thiophene rings is 1. The summed E-state index contributed by atoms with van der Waals surface area (Å²) >= 11 is 1.90. The average Bonchev–Trinajstić information content (AvgIpc) is 2.84. The molecule has 2 heteroatoms. The van der Waals surface area contributed by atoms with Crippen molar-refractivity contribution in [2.45, 2.75) is 26.8 Å². The zero-order valence-corrected chi connectivity index (χ0v) is 13.6. The third-order valence-corrected chi connectivity index (χ3v) is 5.23. The normalized spacial score (nSPS) is 12.7. The smallest absolute Gasteiger partial charge is 0.0677 e. The van der Waals surface area contributed by atoms with Crippen LogP contribution in [0.3, 0.4) is 0 Å². The molecule has 0 fully saturated rings. The van der Waals surface area contributed by atoms with Crippen LogP contribution in [0.25, 0.3) is 10.8 Å². The second-order valence-electron chi connectivity index (χ2n) is 5.45. The Morgan fingerprint density at radius 1 is 1.05 bits per heavy atom. The topological polar surface area (TPSA) is 12.0 Å². The number of hydrogen-bond donors (Lipinski definition) is 1. The molecule has 0 amide bonds. The summed E-state index contributed by atoms with van der Waals surface area (Å²) in [6.45, 7) is 7.53. The summed E-state index contributed by atoms with van der Waals surface area (Å²) in [5, 5.41) is 6.31. The van der Waals surface area contributed by atoms with Gasteiger partial charge in [0.25, 0.3) is 0 Å². The Morgan fingerprint density at radius 3 is 2.52 bits per heavy atom. The lowest BCUT2D eigenvalue weighted by atomic mass is 9.97. The summed E-state index contributed by atoms with van der Waals surface area (Å²) in [6, 6.07) is 17.8. The zero-order valence-electron chi connectivity index (χ0n) is 12.8. The Morgan fingerprint density at radius 2 is 1.81 bits per heavy atom. The maximum atomic E-state index is 3.66. The first-order chi connectivity index (χ1) is 10.2. The van der Waals surface area contributed by atoms with Crippen molar-refractivity contribution in [3.8, 4) is 0 Å². The van der Waals surface area contributed by atoms with Crippen LogP contribution < -0.4 is 5.32 Å². The molecule has 0 aliphatic heterocycles. The molecule has 1 nitrogen and oxygen atoms in total. The van der Waals surface area contributed by atoms with Crippen molar-refractivity contribution in [2.75, 3.05) is 6.54 Å². The summed E-state index contributed by atoms with van der Waals surface area (Å²) in [5.41, 5.74) is 2.76. The maximum absolute atomic E-state index is 3.66. The molecule has 1 aromatic heterocycles. The minimum atomic E-state index is 0.276. The van der Waals surface area contributed by atoms with Gasteiger partial charge in [-0.05, 0) is 48.4 Å². The summed E-state index contributed by atoms with van der Waals surface area (Å²) in [7, 11) is 0. The molecule has 108 valence electrons. The van der Waals surface area contributed by atoms with E-state index in [0.717, 1.165) is 6.54 Å². The summed E-state index contributed by atoms with van der Waals surface area (Å²) in [5.74, 6) is 0. The molecule has 0 radical (unpaired) electrons. The first kappa shape index (κ1) is 14.3. The van der Waals surface area contributed by atoms with Crippen LogP contribution in [-0.2, 0) is 0 Å². The van der Waals surface area contributed by atoms with Crippen molar-refractivity contribution >= 4 is 22.1 Å². The van der Waals surface area contributed by atoms with Crippen LogP contribution in [-0.4, -0.2) is 6.54 Å². The van der Waals surface area contributed by atoms with Gasteiger partial charge in [-0.15, -0.1) is 11.3 Å². The number of nitrogens with one attached hydrogen (secondary N) is 1. The fourth-order valence-corrected chi connectivity index (χ4v) is 3.95. The SMILES string of the molecule is CCNC(c1cc(C)c(C)s1)c1cccc2ccccc12. The molecule has 2 aromatic carbocycles. The molecule has 0 spiro atoms. The lowest BCUT2D eigenvalue weighted by molar-refractivity contribution is 0.643. The molecule has 3 rings (SSSR count). The Kier molecular flexibility index (Phi) is 4.09. The Balaban J connectivity index is 2.15. The van der Waals surface area contributed by atoms with Crippen LogP contribution in [0, 0.1) is 13.8 Å². The number of hydrogen-bond acceptors (Lipinski definition) is 2. The molecule has 0 aliphatic rings. The lowest BCUT2D eigenvalue weighted by Crippen LogP contribution is -2.21. The van der Waals surface area contributed by atoms with E-state index in [0.29, 0.717) is 0 Å². The Labute approximate surface area is 130 Å². The lowest BCUT2D eigenvalue weighted by Gasteiger charge is -2.19. The Bertz CT molecular complexity index is 732. The van der Waals surface area contributed by atoms with Crippen molar-refractivity contribution in [3.63, 3.8) is 0 Å². The van der Waals surface area contributed by atoms with E-state index in [2.05, 4.69) is 74.6 Å². The molecule has 0 bridgehead atoms. The van der Waals surface area contributed by atoms with E-state index in [1.807, 2.05) is 11.3 Å². The van der Waals surface area contributed by atoms with Crippen molar-refractivity contribution in [2.24, 2.45) is 0 Å². The molecule has 1 N–H and O–H groups in total. The third kappa shape index (κ3) is 2.74. The van der Waals surface area contributed by atoms with Crippen LogP contribution in [0.15, 0.2) is 48.5 Å². The molecule has 1 atom stereocenters. The second kappa shape index (κ2) is 6.00. The molecule has 0 saturated carbocycles. The van der Waals surface area contributed by atoms with Gasteiger partial charge in [-0.25, -0.2) is 0 Å².